The summed E-state index contributed by atoms with van der Waals surface area (Å²) < 4.78 is 12.7. The van der Waals surface area contributed by atoms with Crippen LogP contribution in [0, 0.1) is 5.82 Å². The number of nitrogens with two attached hydrogens (primary N) is 1. The molecule has 3 N–H and O–H groups in total. The van der Waals surface area contributed by atoms with Crippen LogP contribution in [0.25, 0.3) is 0 Å². The molecule has 0 heterocycles. The molecule has 1 aromatic carbocycles. The summed E-state index contributed by atoms with van der Waals surface area (Å²) in [5.41, 5.74) is 6.23. The van der Waals surface area contributed by atoms with Crippen molar-refractivity contribution in [3.63, 3.8) is 0 Å². The average molecular weight is 167 g/mol. The van der Waals surface area contributed by atoms with Gasteiger partial charge < -0.3 is 10.8 Å². The highest BCUT2D eigenvalue weighted by molar-refractivity contribution is 5.39. The molecule has 12 heavy (non-hydrogen) atoms. The van der Waals surface area contributed by atoms with Gasteiger partial charge in [0, 0.05) is 17.5 Å². The maximum absolute atomic E-state index is 12.7. The van der Waals surface area contributed by atoms with Crippen molar-refractivity contribution in [3.05, 3.63) is 29.6 Å². The van der Waals surface area contributed by atoms with Gasteiger partial charge in [-0.25, -0.2) is 4.39 Å². The van der Waals surface area contributed by atoms with E-state index < -0.39 is 0 Å². The molecule has 1 fully saturated rings. The van der Waals surface area contributed by atoms with Crippen LogP contribution in [0.5, 0.6) is 5.75 Å². The standard InChI is InChI=1S/C9H10FNO/c10-5-1-2-9(12)7(3-5)6-4-8(6)11/h1-3,6,8,12H,4,11H2. The molecule has 0 aromatic heterocycles. The summed E-state index contributed by atoms with van der Waals surface area (Å²) in [6.45, 7) is 0. The fourth-order valence-electron chi connectivity index (χ4n) is 1.39. The van der Waals surface area contributed by atoms with Crippen LogP contribution >= 0.6 is 0 Å². The van der Waals surface area contributed by atoms with Gasteiger partial charge in [-0.2, -0.15) is 0 Å². The minimum atomic E-state index is -0.318. The Morgan fingerprint density at radius 1 is 1.50 bits per heavy atom. The largest absolute Gasteiger partial charge is 0.508 e. The topological polar surface area (TPSA) is 46.2 Å². The number of aromatic hydroxyl groups is 1. The molecule has 1 aliphatic rings. The predicted molar refractivity (Wildman–Crippen MR) is 43.4 cm³/mol. The zero-order valence-electron chi connectivity index (χ0n) is 6.50. The van der Waals surface area contributed by atoms with E-state index in [1.165, 1.54) is 18.2 Å². The van der Waals surface area contributed by atoms with E-state index in [2.05, 4.69) is 0 Å². The van der Waals surface area contributed by atoms with Crippen molar-refractivity contribution in [2.24, 2.45) is 5.73 Å². The second-order valence-electron chi connectivity index (χ2n) is 3.21. The lowest BCUT2D eigenvalue weighted by Gasteiger charge is -2.01. The SMILES string of the molecule is NC1CC1c1cc(F)ccc1O. The van der Waals surface area contributed by atoms with Crippen LogP contribution < -0.4 is 5.73 Å². The zero-order chi connectivity index (χ0) is 8.72. The van der Waals surface area contributed by atoms with E-state index in [-0.39, 0.29) is 23.5 Å². The van der Waals surface area contributed by atoms with Crippen molar-refractivity contribution in [2.45, 2.75) is 18.4 Å². The second kappa shape index (κ2) is 2.45. The Morgan fingerprint density at radius 2 is 2.17 bits per heavy atom. The summed E-state index contributed by atoms with van der Waals surface area (Å²) in [7, 11) is 0. The van der Waals surface area contributed by atoms with Gasteiger partial charge in [-0.05, 0) is 24.6 Å². The summed E-state index contributed by atoms with van der Waals surface area (Å²) in [6, 6.07) is 4.06. The molecule has 1 aliphatic carbocycles. The molecule has 2 atom stereocenters. The second-order valence-corrected chi connectivity index (χ2v) is 3.21. The van der Waals surface area contributed by atoms with Gasteiger partial charge in [0.05, 0.1) is 0 Å². The lowest BCUT2D eigenvalue weighted by atomic mass is 10.1. The van der Waals surface area contributed by atoms with Crippen LogP contribution in [-0.2, 0) is 0 Å². The number of halogens is 1. The maximum atomic E-state index is 12.7. The molecule has 0 spiro atoms. The molecule has 1 saturated carbocycles. The van der Waals surface area contributed by atoms with Crippen LogP contribution in [-0.4, -0.2) is 11.1 Å². The molecular weight excluding hydrogens is 157 g/mol. The molecule has 0 saturated heterocycles. The normalized spacial score (nSPS) is 27.2. The minimum Gasteiger partial charge on any atom is -0.508 e. The summed E-state index contributed by atoms with van der Waals surface area (Å²) >= 11 is 0. The van der Waals surface area contributed by atoms with Gasteiger partial charge in [0.2, 0.25) is 0 Å². The van der Waals surface area contributed by atoms with Crippen LogP contribution in [0.2, 0.25) is 0 Å². The van der Waals surface area contributed by atoms with E-state index in [1.54, 1.807) is 0 Å². The summed E-state index contributed by atoms with van der Waals surface area (Å²) in [6.07, 6.45) is 0.844. The molecule has 2 rings (SSSR count). The molecule has 0 radical (unpaired) electrons. The molecule has 0 bridgehead atoms. The molecule has 2 nitrogen and oxygen atoms in total. The summed E-state index contributed by atoms with van der Waals surface area (Å²) in [4.78, 5) is 0. The van der Waals surface area contributed by atoms with E-state index in [9.17, 15) is 9.50 Å². The fraction of sp³-hybridized carbons (Fsp3) is 0.333. The van der Waals surface area contributed by atoms with Gasteiger partial charge in [-0.15, -0.1) is 0 Å². The van der Waals surface area contributed by atoms with Crippen molar-refractivity contribution in [1.29, 1.82) is 0 Å². The van der Waals surface area contributed by atoms with E-state index in [4.69, 9.17) is 5.73 Å². The maximum Gasteiger partial charge on any atom is 0.123 e. The Balaban J connectivity index is 2.36. The molecule has 2 unspecified atom stereocenters. The first-order valence-electron chi connectivity index (χ1n) is 3.92. The monoisotopic (exact) mass is 167 g/mol. The highest BCUT2D eigenvalue weighted by Gasteiger charge is 2.36. The van der Waals surface area contributed by atoms with E-state index in [0.717, 1.165) is 6.42 Å². The highest BCUT2D eigenvalue weighted by Crippen LogP contribution is 2.42. The third-order valence-corrected chi connectivity index (χ3v) is 2.23. The van der Waals surface area contributed by atoms with E-state index in [0.29, 0.717) is 5.56 Å². The Morgan fingerprint density at radius 3 is 2.75 bits per heavy atom. The van der Waals surface area contributed by atoms with Gasteiger partial charge >= 0.3 is 0 Å². The van der Waals surface area contributed by atoms with Gasteiger partial charge in [-0.3, -0.25) is 0 Å². The lowest BCUT2D eigenvalue weighted by molar-refractivity contribution is 0.465. The molecule has 0 aliphatic heterocycles. The van der Waals surface area contributed by atoms with Crippen molar-refractivity contribution < 1.29 is 9.50 Å². The zero-order valence-corrected chi connectivity index (χ0v) is 6.50. The fourth-order valence-corrected chi connectivity index (χ4v) is 1.39. The third kappa shape index (κ3) is 1.16. The van der Waals surface area contributed by atoms with Gasteiger partial charge in [0.15, 0.2) is 0 Å². The smallest absolute Gasteiger partial charge is 0.123 e. The Kier molecular flexibility index (Phi) is 1.54. The predicted octanol–water partition coefficient (Wildman–Crippen LogP) is 1.35. The number of benzene rings is 1. The third-order valence-electron chi connectivity index (χ3n) is 2.23. The van der Waals surface area contributed by atoms with Crippen LogP contribution in [0.3, 0.4) is 0 Å². The van der Waals surface area contributed by atoms with Gasteiger partial charge in [0.25, 0.3) is 0 Å². The number of phenolic OH excluding ortho intramolecular Hbond substituents is 1. The quantitative estimate of drug-likeness (QED) is 0.663. The van der Waals surface area contributed by atoms with Crippen LogP contribution in [0.15, 0.2) is 18.2 Å². The average Bonchev–Trinajstić information content (AvgIpc) is 2.73. The van der Waals surface area contributed by atoms with E-state index >= 15 is 0 Å². The molecule has 3 heteroatoms. The summed E-state index contributed by atoms with van der Waals surface area (Å²) in [5.74, 6) is -0.0167. The van der Waals surface area contributed by atoms with Crippen molar-refractivity contribution in [2.75, 3.05) is 0 Å². The number of hydrogen-bond acceptors (Lipinski definition) is 2. The van der Waals surface area contributed by atoms with Gasteiger partial charge in [-0.1, -0.05) is 0 Å². The first-order chi connectivity index (χ1) is 5.68. The van der Waals surface area contributed by atoms with Crippen LogP contribution in [0.1, 0.15) is 17.9 Å². The van der Waals surface area contributed by atoms with Crippen molar-refractivity contribution in [1.82, 2.24) is 0 Å². The highest BCUT2D eigenvalue weighted by atomic mass is 19.1. The Hall–Kier alpha value is -1.09. The summed E-state index contributed by atoms with van der Waals surface area (Å²) in [5, 5.41) is 9.34. The van der Waals surface area contributed by atoms with Gasteiger partial charge in [0.1, 0.15) is 11.6 Å². The van der Waals surface area contributed by atoms with E-state index in [1.807, 2.05) is 0 Å². The Labute approximate surface area is 69.8 Å². The van der Waals surface area contributed by atoms with Crippen molar-refractivity contribution in [3.8, 4) is 5.75 Å². The molecule has 0 amide bonds. The number of rotatable bonds is 1. The lowest BCUT2D eigenvalue weighted by Crippen LogP contribution is -2.01. The minimum absolute atomic E-state index is 0.0951. The number of hydrogen-bond donors (Lipinski definition) is 2. The molecule has 1 aromatic rings. The van der Waals surface area contributed by atoms with Crippen molar-refractivity contribution >= 4 is 0 Å². The number of phenols is 1. The van der Waals surface area contributed by atoms with Crippen LogP contribution in [0.4, 0.5) is 4.39 Å². The Bertz CT molecular complexity index is 313. The first-order valence-corrected chi connectivity index (χ1v) is 3.92. The first kappa shape index (κ1) is 7.55. The molecular formula is C9H10FNO. The molecule has 64 valence electrons.